The molecule has 0 aliphatic carbocycles. The summed E-state index contributed by atoms with van der Waals surface area (Å²) in [5.41, 5.74) is -0.383. The molecule has 0 fully saturated rings. The topological polar surface area (TPSA) is 58.9 Å². The van der Waals surface area contributed by atoms with Crippen LogP contribution in [0.5, 0.6) is 0 Å². The van der Waals surface area contributed by atoms with Crippen molar-refractivity contribution in [3.8, 4) is 0 Å². The van der Waals surface area contributed by atoms with Gasteiger partial charge in [0.2, 0.25) is 0 Å². The smallest absolute Gasteiger partial charge is 0.181 e. The summed E-state index contributed by atoms with van der Waals surface area (Å²) in [4.78, 5) is 0. The van der Waals surface area contributed by atoms with Crippen LogP contribution in [0, 0.1) is 5.92 Å². The van der Waals surface area contributed by atoms with Gasteiger partial charge < -0.3 is 19.7 Å². The molecule has 152 valence electrons. The lowest BCUT2D eigenvalue weighted by atomic mass is 9.91. The van der Waals surface area contributed by atoms with Crippen molar-refractivity contribution in [1.82, 2.24) is 0 Å². The molecule has 26 heavy (non-hydrogen) atoms. The van der Waals surface area contributed by atoms with Gasteiger partial charge in [-0.25, -0.2) is 0 Å². The molecule has 0 radical (unpaired) electrons. The molecule has 0 spiro atoms. The van der Waals surface area contributed by atoms with E-state index < -0.39 is 17.5 Å². The van der Waals surface area contributed by atoms with E-state index in [1.54, 1.807) is 25.3 Å². The summed E-state index contributed by atoms with van der Waals surface area (Å²) in [6.07, 6.45) is 11.6. The molecule has 0 rings (SSSR count). The lowest BCUT2D eigenvalue weighted by Crippen LogP contribution is -2.31. The molecule has 4 heteroatoms. The van der Waals surface area contributed by atoms with E-state index in [1.807, 2.05) is 27.7 Å². The minimum atomic E-state index is -1.01. The summed E-state index contributed by atoms with van der Waals surface area (Å²) in [5, 5.41) is 20.1. The van der Waals surface area contributed by atoms with E-state index in [2.05, 4.69) is 13.5 Å². The van der Waals surface area contributed by atoms with E-state index in [9.17, 15) is 10.2 Å². The van der Waals surface area contributed by atoms with E-state index in [0.717, 1.165) is 38.5 Å². The normalized spacial score (nSPS) is 15.9. The molecule has 0 aromatic heterocycles. The number of methoxy groups -OCH3 is 1. The van der Waals surface area contributed by atoms with Crippen LogP contribution in [0.25, 0.3) is 0 Å². The van der Waals surface area contributed by atoms with E-state index in [-0.39, 0.29) is 0 Å². The number of allylic oxidation sites excluding steroid dienone is 2. The molecule has 0 aromatic rings. The third-order valence-corrected chi connectivity index (χ3v) is 4.42. The molecule has 0 saturated carbocycles. The van der Waals surface area contributed by atoms with Crippen molar-refractivity contribution < 1.29 is 19.7 Å². The molecule has 0 heterocycles. The summed E-state index contributed by atoms with van der Waals surface area (Å²) in [6.45, 7) is 13.7. The zero-order valence-electron chi connectivity index (χ0n) is 17.6. The first kappa shape index (κ1) is 24.9. The third-order valence-electron chi connectivity index (χ3n) is 4.42. The highest BCUT2D eigenvalue weighted by Crippen LogP contribution is 2.25. The van der Waals surface area contributed by atoms with Gasteiger partial charge >= 0.3 is 0 Å². The lowest BCUT2D eigenvalue weighted by molar-refractivity contribution is -0.153. The average Bonchev–Trinajstić information content (AvgIpc) is 2.49. The first-order valence-electron chi connectivity index (χ1n) is 9.61. The highest BCUT2D eigenvalue weighted by Gasteiger charge is 2.23. The van der Waals surface area contributed by atoms with Crippen LogP contribution in [-0.4, -0.2) is 34.8 Å². The van der Waals surface area contributed by atoms with Gasteiger partial charge in [0.1, 0.15) is 0 Å². The molecule has 0 amide bonds. The Bertz CT molecular complexity index is 444. The van der Waals surface area contributed by atoms with Gasteiger partial charge in [-0.15, -0.1) is 0 Å². The monoisotopic (exact) mass is 368 g/mol. The Labute approximate surface area is 160 Å². The standard InChI is InChI=1S/C22H40O4/c1-8-19(14-11-17-25-7)20(23)26-22(5,6)16-10-13-18(2)12-9-15-21(3,4)24/h8,11,14,17-18,20,23-24H,1,9-10,12-13,15-16H2,2-7H3/b17-11+,19-14+/t18-,20?/m0/s1. The molecule has 0 aromatic carbocycles. The molecular weight excluding hydrogens is 328 g/mol. The van der Waals surface area contributed by atoms with Crippen molar-refractivity contribution in [3.05, 3.63) is 36.6 Å². The molecule has 0 bridgehead atoms. The number of rotatable bonds is 14. The number of ether oxygens (including phenoxy) is 2. The summed E-state index contributed by atoms with van der Waals surface area (Å²) in [6, 6.07) is 0. The van der Waals surface area contributed by atoms with Gasteiger partial charge in [0.15, 0.2) is 6.29 Å². The molecule has 2 N–H and O–H groups in total. The third kappa shape index (κ3) is 13.2. The number of aliphatic hydroxyl groups is 2. The van der Waals surface area contributed by atoms with Crippen molar-refractivity contribution in [2.45, 2.75) is 90.6 Å². The van der Waals surface area contributed by atoms with Crippen LogP contribution in [0.3, 0.4) is 0 Å². The van der Waals surface area contributed by atoms with Crippen molar-refractivity contribution >= 4 is 0 Å². The van der Waals surface area contributed by atoms with Gasteiger partial charge in [-0.2, -0.15) is 0 Å². The Kier molecular flexibility index (Phi) is 11.8. The highest BCUT2D eigenvalue weighted by molar-refractivity contribution is 5.23. The SMILES string of the molecule is C=C/C(=C\C=C\OC)C(O)OC(C)(C)CCC[C@@H](C)CCCC(C)(C)O. The van der Waals surface area contributed by atoms with Gasteiger partial charge in [-0.3, -0.25) is 0 Å². The Morgan fingerprint density at radius 2 is 1.69 bits per heavy atom. The summed E-state index contributed by atoms with van der Waals surface area (Å²) >= 11 is 0. The van der Waals surface area contributed by atoms with Crippen LogP contribution in [-0.2, 0) is 9.47 Å². The maximum Gasteiger partial charge on any atom is 0.181 e. The van der Waals surface area contributed by atoms with Crippen LogP contribution >= 0.6 is 0 Å². The van der Waals surface area contributed by atoms with Gasteiger partial charge in [0, 0.05) is 5.57 Å². The van der Waals surface area contributed by atoms with E-state index in [4.69, 9.17) is 9.47 Å². The summed E-state index contributed by atoms with van der Waals surface area (Å²) < 4.78 is 10.7. The molecule has 4 nitrogen and oxygen atoms in total. The zero-order chi connectivity index (χ0) is 20.2. The summed E-state index contributed by atoms with van der Waals surface area (Å²) in [5.74, 6) is 0.626. The van der Waals surface area contributed by atoms with Gasteiger partial charge in [-0.05, 0) is 52.5 Å². The zero-order valence-corrected chi connectivity index (χ0v) is 17.6. The Morgan fingerprint density at radius 1 is 1.12 bits per heavy atom. The molecule has 2 atom stereocenters. The van der Waals surface area contributed by atoms with E-state index >= 15 is 0 Å². The second-order valence-corrected chi connectivity index (χ2v) is 8.37. The van der Waals surface area contributed by atoms with Crippen molar-refractivity contribution in [3.63, 3.8) is 0 Å². The van der Waals surface area contributed by atoms with E-state index in [1.165, 1.54) is 6.26 Å². The number of hydrogen-bond acceptors (Lipinski definition) is 4. The minimum Gasteiger partial charge on any atom is -0.504 e. The first-order chi connectivity index (χ1) is 12.0. The number of hydrogen-bond donors (Lipinski definition) is 2. The van der Waals surface area contributed by atoms with Crippen molar-refractivity contribution in [1.29, 1.82) is 0 Å². The van der Waals surface area contributed by atoms with Crippen LogP contribution in [0.15, 0.2) is 36.6 Å². The van der Waals surface area contributed by atoms with E-state index in [0.29, 0.717) is 11.5 Å². The van der Waals surface area contributed by atoms with Crippen LogP contribution in [0.1, 0.15) is 73.1 Å². The maximum atomic E-state index is 10.3. The second-order valence-electron chi connectivity index (χ2n) is 8.37. The van der Waals surface area contributed by atoms with Crippen molar-refractivity contribution in [2.24, 2.45) is 5.92 Å². The Hall–Kier alpha value is -1.10. The first-order valence-corrected chi connectivity index (χ1v) is 9.61. The van der Waals surface area contributed by atoms with Crippen LogP contribution in [0.4, 0.5) is 0 Å². The molecule has 1 unspecified atom stereocenters. The van der Waals surface area contributed by atoms with Crippen molar-refractivity contribution in [2.75, 3.05) is 7.11 Å². The Morgan fingerprint density at radius 3 is 2.19 bits per heavy atom. The molecule has 0 saturated heterocycles. The largest absolute Gasteiger partial charge is 0.504 e. The average molecular weight is 369 g/mol. The summed E-state index contributed by atoms with van der Waals surface area (Å²) in [7, 11) is 1.57. The predicted octanol–water partition coefficient (Wildman–Crippen LogP) is 5.12. The highest BCUT2D eigenvalue weighted by atomic mass is 16.6. The number of aliphatic hydroxyl groups excluding tert-OH is 1. The molecule has 0 aliphatic rings. The predicted molar refractivity (Wildman–Crippen MR) is 109 cm³/mol. The fourth-order valence-corrected chi connectivity index (χ4v) is 2.81. The quantitative estimate of drug-likeness (QED) is 0.254. The van der Waals surface area contributed by atoms with Gasteiger partial charge in [0.05, 0.1) is 24.6 Å². The van der Waals surface area contributed by atoms with Gasteiger partial charge in [0.25, 0.3) is 0 Å². The fraction of sp³-hybridized carbons (Fsp3) is 0.727. The Balaban J connectivity index is 4.29. The van der Waals surface area contributed by atoms with Gasteiger partial charge in [-0.1, -0.05) is 51.3 Å². The molecular formula is C22H40O4. The fourth-order valence-electron chi connectivity index (χ4n) is 2.81. The maximum absolute atomic E-state index is 10.3. The second kappa shape index (κ2) is 12.3. The van der Waals surface area contributed by atoms with Crippen LogP contribution < -0.4 is 0 Å². The van der Waals surface area contributed by atoms with Crippen LogP contribution in [0.2, 0.25) is 0 Å². The minimum absolute atomic E-state index is 0.417. The lowest BCUT2D eigenvalue weighted by Gasteiger charge is -2.29. The molecule has 0 aliphatic heterocycles.